The van der Waals surface area contributed by atoms with Gasteiger partial charge in [0.2, 0.25) is 0 Å². The zero-order valence-corrected chi connectivity index (χ0v) is 12.9. The van der Waals surface area contributed by atoms with Gasteiger partial charge in [-0.05, 0) is 49.1 Å². The van der Waals surface area contributed by atoms with Crippen LogP contribution in [0.5, 0.6) is 0 Å². The van der Waals surface area contributed by atoms with Crippen LogP contribution in [0.15, 0.2) is 23.4 Å². The molecular formula is C16H22ClN3O. The van der Waals surface area contributed by atoms with Crippen molar-refractivity contribution in [1.82, 2.24) is 4.90 Å². The molecule has 0 bridgehead atoms. The second kappa shape index (κ2) is 6.24. The summed E-state index contributed by atoms with van der Waals surface area (Å²) >= 11 is 6.36. The average molecular weight is 308 g/mol. The van der Waals surface area contributed by atoms with E-state index in [0.29, 0.717) is 10.6 Å². The van der Waals surface area contributed by atoms with Crippen LogP contribution in [0.2, 0.25) is 5.02 Å². The largest absolute Gasteiger partial charge is 0.409 e. The van der Waals surface area contributed by atoms with Gasteiger partial charge in [-0.1, -0.05) is 28.9 Å². The Labute approximate surface area is 130 Å². The van der Waals surface area contributed by atoms with E-state index in [1.807, 2.05) is 12.1 Å². The number of rotatable bonds is 7. The molecule has 1 aromatic carbocycles. The highest BCUT2D eigenvalue weighted by Gasteiger charge is 2.29. The van der Waals surface area contributed by atoms with Crippen LogP contribution in [0.25, 0.3) is 0 Å². The van der Waals surface area contributed by atoms with Gasteiger partial charge in [0.05, 0.1) is 0 Å². The molecule has 114 valence electrons. The highest BCUT2D eigenvalue weighted by Crippen LogP contribution is 2.34. The van der Waals surface area contributed by atoms with Gasteiger partial charge in [0.25, 0.3) is 0 Å². The van der Waals surface area contributed by atoms with Gasteiger partial charge in [0.15, 0.2) is 5.84 Å². The minimum Gasteiger partial charge on any atom is -0.409 e. The number of amidine groups is 1. The lowest BCUT2D eigenvalue weighted by Crippen LogP contribution is -2.28. The minimum absolute atomic E-state index is 0.0938. The molecule has 0 aromatic heterocycles. The fourth-order valence-electron chi connectivity index (χ4n) is 2.67. The van der Waals surface area contributed by atoms with Gasteiger partial charge in [-0.15, -0.1) is 0 Å². The van der Waals surface area contributed by atoms with Crippen LogP contribution in [0, 0.1) is 11.8 Å². The van der Waals surface area contributed by atoms with E-state index in [-0.39, 0.29) is 5.84 Å². The smallest absolute Gasteiger partial charge is 0.170 e. The van der Waals surface area contributed by atoms with E-state index in [0.717, 1.165) is 23.9 Å². The predicted molar refractivity (Wildman–Crippen MR) is 84.7 cm³/mol. The average Bonchev–Trinajstić information content (AvgIpc) is 3.36. The first kappa shape index (κ1) is 14.7. The Morgan fingerprint density at radius 3 is 2.33 bits per heavy atom. The minimum atomic E-state index is 0.0938. The monoisotopic (exact) mass is 307 g/mol. The van der Waals surface area contributed by atoms with Gasteiger partial charge < -0.3 is 10.9 Å². The van der Waals surface area contributed by atoms with Gasteiger partial charge >= 0.3 is 0 Å². The van der Waals surface area contributed by atoms with Crippen LogP contribution < -0.4 is 5.73 Å². The lowest BCUT2D eigenvalue weighted by atomic mass is 10.1. The van der Waals surface area contributed by atoms with Crippen molar-refractivity contribution in [3.8, 4) is 0 Å². The standard InChI is InChI=1S/C16H22ClN3O/c17-15-7-13(16(18)19-21)5-6-14(15)10-20(8-11-1-2-11)9-12-3-4-12/h5-7,11-12,21H,1-4,8-10H2,(H2,18,19). The number of halogens is 1. The zero-order valence-electron chi connectivity index (χ0n) is 12.1. The summed E-state index contributed by atoms with van der Waals surface area (Å²) in [4.78, 5) is 2.54. The molecule has 0 atom stereocenters. The van der Waals surface area contributed by atoms with Crippen LogP contribution in [0.1, 0.15) is 36.8 Å². The maximum absolute atomic E-state index is 8.72. The van der Waals surface area contributed by atoms with Gasteiger partial charge in [0.1, 0.15) is 0 Å². The summed E-state index contributed by atoms with van der Waals surface area (Å²) in [7, 11) is 0. The molecule has 2 fully saturated rings. The fourth-order valence-corrected chi connectivity index (χ4v) is 2.91. The Balaban J connectivity index is 1.68. The number of oxime groups is 1. The third-order valence-electron chi connectivity index (χ3n) is 4.28. The van der Waals surface area contributed by atoms with E-state index < -0.39 is 0 Å². The molecule has 0 radical (unpaired) electrons. The molecular weight excluding hydrogens is 286 g/mol. The first-order chi connectivity index (χ1) is 10.2. The predicted octanol–water partition coefficient (Wildman–Crippen LogP) is 3.06. The Morgan fingerprint density at radius 1 is 1.24 bits per heavy atom. The van der Waals surface area contributed by atoms with Gasteiger partial charge in [-0.2, -0.15) is 0 Å². The van der Waals surface area contributed by atoms with Crippen LogP contribution in [-0.2, 0) is 6.54 Å². The summed E-state index contributed by atoms with van der Waals surface area (Å²) in [6, 6.07) is 5.63. The van der Waals surface area contributed by atoms with E-state index in [1.54, 1.807) is 6.07 Å². The zero-order chi connectivity index (χ0) is 14.8. The molecule has 2 saturated carbocycles. The van der Waals surface area contributed by atoms with Crippen molar-refractivity contribution in [2.75, 3.05) is 13.1 Å². The highest BCUT2D eigenvalue weighted by atomic mass is 35.5. The molecule has 4 nitrogen and oxygen atoms in total. The molecule has 1 aromatic rings. The summed E-state index contributed by atoms with van der Waals surface area (Å²) in [6.45, 7) is 3.27. The summed E-state index contributed by atoms with van der Waals surface area (Å²) in [6.07, 6.45) is 5.49. The maximum Gasteiger partial charge on any atom is 0.170 e. The molecule has 0 amide bonds. The molecule has 2 aliphatic carbocycles. The van der Waals surface area contributed by atoms with E-state index in [1.165, 1.54) is 38.8 Å². The van der Waals surface area contributed by atoms with E-state index in [9.17, 15) is 0 Å². The molecule has 5 heteroatoms. The Hall–Kier alpha value is -1.26. The number of benzene rings is 1. The van der Waals surface area contributed by atoms with E-state index >= 15 is 0 Å². The quantitative estimate of drug-likeness (QED) is 0.352. The van der Waals surface area contributed by atoms with Gasteiger partial charge in [-0.3, -0.25) is 4.90 Å². The van der Waals surface area contributed by atoms with Crippen molar-refractivity contribution in [3.05, 3.63) is 34.3 Å². The molecule has 0 aliphatic heterocycles. The SMILES string of the molecule is N/C(=N/O)c1ccc(CN(CC2CC2)CC2CC2)c(Cl)c1. The molecule has 3 N–H and O–H groups in total. The molecule has 21 heavy (non-hydrogen) atoms. The lowest BCUT2D eigenvalue weighted by molar-refractivity contribution is 0.244. The van der Waals surface area contributed by atoms with Gasteiger partial charge in [-0.25, -0.2) is 0 Å². The Bertz CT molecular complexity index is 524. The number of hydrogen-bond donors (Lipinski definition) is 2. The van der Waals surface area contributed by atoms with Crippen LogP contribution in [0.3, 0.4) is 0 Å². The summed E-state index contributed by atoms with van der Waals surface area (Å²) in [5.41, 5.74) is 7.37. The van der Waals surface area contributed by atoms with Crippen molar-refractivity contribution in [1.29, 1.82) is 0 Å². The number of nitrogens with zero attached hydrogens (tertiary/aromatic N) is 2. The summed E-state index contributed by atoms with van der Waals surface area (Å²) < 4.78 is 0. The first-order valence-corrected chi connectivity index (χ1v) is 8.02. The fraction of sp³-hybridized carbons (Fsp3) is 0.562. The van der Waals surface area contributed by atoms with Gasteiger partial charge in [0, 0.05) is 30.2 Å². The molecule has 0 unspecified atom stereocenters. The summed E-state index contributed by atoms with van der Waals surface area (Å²) in [5, 5.41) is 12.4. The van der Waals surface area contributed by atoms with Crippen LogP contribution in [0.4, 0.5) is 0 Å². The van der Waals surface area contributed by atoms with E-state index in [2.05, 4.69) is 10.1 Å². The molecule has 0 spiro atoms. The van der Waals surface area contributed by atoms with Crippen molar-refractivity contribution >= 4 is 17.4 Å². The molecule has 2 aliphatic rings. The van der Waals surface area contributed by atoms with Crippen LogP contribution in [-0.4, -0.2) is 29.0 Å². The third kappa shape index (κ3) is 4.11. The second-order valence-corrected chi connectivity index (χ2v) is 6.78. The molecule has 0 heterocycles. The van der Waals surface area contributed by atoms with Crippen molar-refractivity contribution in [2.45, 2.75) is 32.2 Å². The normalized spacial score (nSPS) is 19.2. The van der Waals surface area contributed by atoms with Crippen molar-refractivity contribution in [3.63, 3.8) is 0 Å². The highest BCUT2D eigenvalue weighted by molar-refractivity contribution is 6.31. The maximum atomic E-state index is 8.72. The van der Waals surface area contributed by atoms with Crippen molar-refractivity contribution in [2.24, 2.45) is 22.7 Å². The number of nitrogens with two attached hydrogens (primary N) is 1. The topological polar surface area (TPSA) is 61.9 Å². The Morgan fingerprint density at radius 2 is 1.86 bits per heavy atom. The van der Waals surface area contributed by atoms with Crippen molar-refractivity contribution < 1.29 is 5.21 Å². The Kier molecular flexibility index (Phi) is 4.36. The molecule has 3 rings (SSSR count). The first-order valence-electron chi connectivity index (χ1n) is 7.64. The summed E-state index contributed by atoms with van der Waals surface area (Å²) in [5.74, 6) is 1.87. The third-order valence-corrected chi connectivity index (χ3v) is 4.63. The molecule has 0 saturated heterocycles. The lowest BCUT2D eigenvalue weighted by Gasteiger charge is -2.23. The second-order valence-electron chi connectivity index (χ2n) is 6.37. The van der Waals surface area contributed by atoms with E-state index in [4.69, 9.17) is 22.5 Å². The van der Waals surface area contributed by atoms with Crippen LogP contribution >= 0.6 is 11.6 Å². The number of hydrogen-bond acceptors (Lipinski definition) is 3.